The first-order valence-corrected chi connectivity index (χ1v) is 12.9. The minimum atomic E-state index is -0.436. The average Bonchev–Trinajstić information content (AvgIpc) is 3.61. The van der Waals surface area contributed by atoms with E-state index < -0.39 is 6.03 Å². The molecular formula is C27H29N7O5. The Balaban J connectivity index is 1.36. The molecule has 0 aliphatic carbocycles. The zero-order valence-electron chi connectivity index (χ0n) is 21.6. The van der Waals surface area contributed by atoms with Crippen molar-refractivity contribution < 1.29 is 23.9 Å². The Kier molecular flexibility index (Phi) is 7.84. The molecule has 39 heavy (non-hydrogen) atoms. The summed E-state index contributed by atoms with van der Waals surface area (Å²) in [4.78, 5) is 49.0. The molecule has 2 N–H and O–H groups in total. The number of nitrogens with one attached hydrogen (secondary N) is 2. The van der Waals surface area contributed by atoms with E-state index in [1.807, 2.05) is 16.9 Å². The molecule has 2 amide bonds. The van der Waals surface area contributed by atoms with Crippen molar-refractivity contribution >= 4 is 35.6 Å². The zero-order chi connectivity index (χ0) is 27.4. The molecule has 0 radical (unpaired) electrons. The number of fused-ring (bicyclic) bond motifs is 1. The highest BCUT2D eigenvalue weighted by molar-refractivity contribution is 6.01. The first-order valence-electron chi connectivity index (χ1n) is 12.9. The number of urea groups is 1. The Bertz CT molecular complexity index is 1360. The van der Waals surface area contributed by atoms with Crippen molar-refractivity contribution in [1.29, 1.82) is 5.26 Å². The van der Waals surface area contributed by atoms with Gasteiger partial charge in [0.15, 0.2) is 6.29 Å². The van der Waals surface area contributed by atoms with Gasteiger partial charge in [-0.25, -0.2) is 19.6 Å². The maximum atomic E-state index is 13.3. The molecule has 0 spiro atoms. The first-order chi connectivity index (χ1) is 19.0. The quantitative estimate of drug-likeness (QED) is 0.402. The number of pyridine rings is 2. The van der Waals surface area contributed by atoms with Crippen LogP contribution in [0.5, 0.6) is 0 Å². The van der Waals surface area contributed by atoms with Gasteiger partial charge in [-0.1, -0.05) is 0 Å². The van der Waals surface area contributed by atoms with Crippen molar-refractivity contribution in [3.05, 3.63) is 46.4 Å². The summed E-state index contributed by atoms with van der Waals surface area (Å²) in [5.74, 6) is 2.68. The minimum Gasteiger partial charge on any atom is -0.379 e. The number of hydrogen-bond acceptors (Lipinski definition) is 10. The number of nitrogens with zero attached hydrogens (tertiary/aromatic N) is 5. The molecule has 0 aromatic carbocycles. The van der Waals surface area contributed by atoms with Crippen LogP contribution in [0.3, 0.4) is 0 Å². The van der Waals surface area contributed by atoms with E-state index in [1.165, 1.54) is 11.1 Å². The van der Waals surface area contributed by atoms with Crippen LogP contribution in [0.15, 0.2) is 24.0 Å². The summed E-state index contributed by atoms with van der Waals surface area (Å²) in [6.45, 7) is 2.55. The Hall–Kier alpha value is -4.30. The fourth-order valence-electron chi connectivity index (χ4n) is 5.23. The molecule has 0 unspecified atom stereocenters. The molecule has 3 aliphatic heterocycles. The molecule has 5 heterocycles. The smallest absolute Gasteiger partial charge is 0.328 e. The fraction of sp³-hybridized carbons (Fsp3) is 0.444. The van der Waals surface area contributed by atoms with E-state index >= 15 is 0 Å². The molecule has 12 heteroatoms. The van der Waals surface area contributed by atoms with Crippen molar-refractivity contribution in [2.45, 2.75) is 44.4 Å². The largest absolute Gasteiger partial charge is 0.379 e. The second-order valence-electron chi connectivity index (χ2n) is 9.67. The molecule has 0 bridgehead atoms. The van der Waals surface area contributed by atoms with E-state index in [1.54, 1.807) is 13.2 Å². The summed E-state index contributed by atoms with van der Waals surface area (Å²) in [5.41, 5.74) is 3.10. The summed E-state index contributed by atoms with van der Waals surface area (Å²) in [5, 5.41) is 15.6. The number of amides is 2. The lowest BCUT2D eigenvalue weighted by molar-refractivity contribution is 0.111. The highest BCUT2D eigenvalue weighted by Gasteiger charge is 2.31. The van der Waals surface area contributed by atoms with Crippen LogP contribution < -0.4 is 15.5 Å². The zero-order valence-corrected chi connectivity index (χ0v) is 21.6. The molecule has 2 saturated heterocycles. The topological polar surface area (TPSA) is 150 Å². The van der Waals surface area contributed by atoms with Gasteiger partial charge in [0.1, 0.15) is 41.1 Å². The average molecular weight is 532 g/mol. The Morgan fingerprint density at radius 2 is 2.21 bits per heavy atom. The van der Waals surface area contributed by atoms with Crippen molar-refractivity contribution in [2.24, 2.45) is 0 Å². The summed E-state index contributed by atoms with van der Waals surface area (Å²) >= 11 is 0. The molecule has 202 valence electrons. The summed E-state index contributed by atoms with van der Waals surface area (Å²) in [7, 11) is 1.55. The number of ether oxygens (including phenoxy) is 2. The lowest BCUT2D eigenvalue weighted by Gasteiger charge is -2.29. The maximum absolute atomic E-state index is 13.3. The predicted molar refractivity (Wildman–Crippen MR) is 141 cm³/mol. The van der Waals surface area contributed by atoms with Crippen LogP contribution in [-0.4, -0.2) is 78.7 Å². The Morgan fingerprint density at radius 1 is 1.33 bits per heavy atom. The van der Waals surface area contributed by atoms with Gasteiger partial charge in [0.25, 0.3) is 0 Å². The summed E-state index contributed by atoms with van der Waals surface area (Å²) in [6.07, 6.45) is 4.67. The first kappa shape index (κ1) is 26.3. The van der Waals surface area contributed by atoms with E-state index in [-0.39, 0.29) is 23.7 Å². The van der Waals surface area contributed by atoms with Gasteiger partial charge in [0, 0.05) is 51.2 Å². The highest BCUT2D eigenvalue weighted by atomic mass is 16.5. The number of carbonyl (C=O) groups is 2. The van der Waals surface area contributed by atoms with Crippen molar-refractivity contribution in [3.63, 3.8) is 0 Å². The van der Waals surface area contributed by atoms with E-state index in [9.17, 15) is 19.6 Å². The van der Waals surface area contributed by atoms with E-state index in [0.29, 0.717) is 86.7 Å². The lowest BCUT2D eigenvalue weighted by atomic mass is 10.0. The third kappa shape index (κ3) is 5.47. The standard InChI is InChI=1S/C27H29N7O5/c1-38-24-4-7-33(23(24)15-36)13-18-9-17-3-2-6-34(26(17)31-22(18)14-35)27(37)32-25-10-21(19(11-28)12-29-25)30-20-5-8-39-16-20/h9-10,12,14,20,24H,2-8,13,16H2,1H3,(H2,29,30,32,37)/t20-,24-/m0/s1. The fourth-order valence-corrected chi connectivity index (χ4v) is 5.23. The molecular weight excluding hydrogens is 502 g/mol. The molecule has 0 saturated carbocycles. The number of carbonyl (C=O) groups excluding carboxylic acids is 3. The van der Waals surface area contributed by atoms with Gasteiger partial charge in [0.2, 0.25) is 0 Å². The van der Waals surface area contributed by atoms with Crippen molar-refractivity contribution in [2.75, 3.05) is 48.9 Å². The maximum Gasteiger partial charge on any atom is 0.328 e. The number of aromatic nitrogens is 2. The molecule has 2 aromatic rings. The van der Waals surface area contributed by atoms with Gasteiger partial charge >= 0.3 is 6.03 Å². The van der Waals surface area contributed by atoms with Gasteiger partial charge in [-0.05, 0) is 37.3 Å². The van der Waals surface area contributed by atoms with Gasteiger partial charge in [-0.3, -0.25) is 15.0 Å². The molecule has 2 fully saturated rings. The Labute approximate surface area is 225 Å². The molecule has 3 aliphatic rings. The van der Waals surface area contributed by atoms with Crippen LogP contribution in [0, 0.1) is 11.3 Å². The third-order valence-electron chi connectivity index (χ3n) is 7.24. The minimum absolute atomic E-state index is 0.0798. The van der Waals surface area contributed by atoms with Gasteiger partial charge in [-0.15, -0.1) is 0 Å². The van der Waals surface area contributed by atoms with Gasteiger partial charge in [-0.2, -0.15) is 5.26 Å². The third-order valence-corrected chi connectivity index (χ3v) is 7.24. The monoisotopic (exact) mass is 531 g/mol. The van der Waals surface area contributed by atoms with Gasteiger partial charge < -0.3 is 19.7 Å². The van der Waals surface area contributed by atoms with Crippen molar-refractivity contribution in [1.82, 2.24) is 14.9 Å². The number of aldehydes is 1. The van der Waals surface area contributed by atoms with Crippen LogP contribution in [0.4, 0.5) is 22.1 Å². The van der Waals surface area contributed by atoms with Crippen LogP contribution in [0.25, 0.3) is 0 Å². The van der Waals surface area contributed by atoms with Crippen molar-refractivity contribution in [3.8, 4) is 6.07 Å². The van der Waals surface area contributed by atoms with Crippen LogP contribution in [-0.2, 0) is 27.2 Å². The number of likely N-dealkylation sites (tertiary alicyclic amines) is 1. The number of rotatable bonds is 7. The molecule has 12 nitrogen and oxygen atoms in total. The lowest BCUT2D eigenvalue weighted by Crippen LogP contribution is -2.40. The number of hydrogen-bond donors (Lipinski definition) is 2. The summed E-state index contributed by atoms with van der Waals surface area (Å²) < 4.78 is 10.8. The molecule has 2 aromatic heterocycles. The molecule has 5 rings (SSSR count). The van der Waals surface area contributed by atoms with E-state index in [0.717, 1.165) is 12.0 Å². The van der Waals surface area contributed by atoms with Gasteiger partial charge in [0.05, 0.1) is 23.9 Å². The number of methoxy groups -OCH3 is 1. The number of anilines is 3. The Morgan fingerprint density at radius 3 is 2.92 bits per heavy atom. The van der Waals surface area contributed by atoms with Crippen LogP contribution in [0.1, 0.15) is 46.4 Å². The normalized spacial score (nSPS) is 20.3. The number of nitriles is 1. The van der Waals surface area contributed by atoms with E-state index in [4.69, 9.17) is 9.47 Å². The number of aryl methyl sites for hydroxylation is 1. The predicted octanol–water partition coefficient (Wildman–Crippen LogP) is 2.28. The molecule has 2 atom stereocenters. The van der Waals surface area contributed by atoms with Crippen LogP contribution >= 0.6 is 0 Å². The summed E-state index contributed by atoms with van der Waals surface area (Å²) in [6, 6.07) is 5.28. The highest BCUT2D eigenvalue weighted by Crippen LogP contribution is 2.31. The second kappa shape index (κ2) is 11.6. The van der Waals surface area contributed by atoms with Crippen LogP contribution in [0.2, 0.25) is 0 Å². The van der Waals surface area contributed by atoms with E-state index in [2.05, 4.69) is 26.7 Å². The second-order valence-corrected chi connectivity index (χ2v) is 9.67. The SMILES string of the molecule is CO[C@H]1CCN(Cc2cc3c(nc2C=O)N(C(=O)Nc2cc(N[C@H]4CCOC4)c(C#N)cn2)CCC3)C1=C=O.